The van der Waals surface area contributed by atoms with E-state index in [1.807, 2.05) is 11.8 Å². The predicted molar refractivity (Wildman–Crippen MR) is 91.9 cm³/mol. The Morgan fingerprint density at radius 1 is 1.10 bits per heavy atom. The number of hydrogen-bond acceptors (Lipinski definition) is 3. The second-order valence-electron chi connectivity index (χ2n) is 6.42. The molecule has 1 aromatic rings. The van der Waals surface area contributed by atoms with Crippen molar-refractivity contribution in [2.24, 2.45) is 0 Å². The first kappa shape index (κ1) is 15.4. The molecule has 0 unspecified atom stereocenters. The molecule has 21 heavy (non-hydrogen) atoms. The van der Waals surface area contributed by atoms with Gasteiger partial charge < -0.3 is 5.32 Å². The van der Waals surface area contributed by atoms with E-state index in [1.54, 1.807) is 0 Å². The molecule has 2 fully saturated rings. The minimum atomic E-state index is 0.739. The van der Waals surface area contributed by atoms with Gasteiger partial charge in [0, 0.05) is 30.1 Å². The van der Waals surface area contributed by atoms with Crippen molar-refractivity contribution in [2.75, 3.05) is 19.3 Å². The van der Waals surface area contributed by atoms with Gasteiger partial charge in [-0.25, -0.2) is 0 Å². The van der Waals surface area contributed by atoms with Gasteiger partial charge in [0.1, 0.15) is 0 Å². The third kappa shape index (κ3) is 3.82. The molecule has 0 aromatic heterocycles. The number of thioether (sulfide) groups is 1. The van der Waals surface area contributed by atoms with Gasteiger partial charge in [-0.05, 0) is 43.7 Å². The predicted octanol–water partition coefficient (Wildman–Crippen LogP) is 3.91. The lowest BCUT2D eigenvalue weighted by Gasteiger charge is -2.38. The fourth-order valence-corrected chi connectivity index (χ4v) is 4.53. The maximum atomic E-state index is 3.56. The number of hydrogen-bond donors (Lipinski definition) is 1. The Labute approximate surface area is 133 Å². The number of nitrogens with one attached hydrogen (secondary N) is 1. The Bertz CT molecular complexity index is 437. The summed E-state index contributed by atoms with van der Waals surface area (Å²) in [5.41, 5.74) is 1.52. The lowest BCUT2D eigenvalue weighted by molar-refractivity contribution is 0.103. The second kappa shape index (κ2) is 7.66. The molecule has 3 heteroatoms. The van der Waals surface area contributed by atoms with Crippen LogP contribution in [-0.2, 0) is 6.54 Å². The molecule has 1 saturated carbocycles. The first-order valence-corrected chi connectivity index (χ1v) is 9.69. The van der Waals surface area contributed by atoms with Crippen molar-refractivity contribution in [3.8, 4) is 0 Å². The van der Waals surface area contributed by atoms with Crippen LogP contribution in [0.4, 0.5) is 0 Å². The maximum absolute atomic E-state index is 3.56. The lowest BCUT2D eigenvalue weighted by atomic mass is 9.92. The van der Waals surface area contributed by atoms with E-state index in [-0.39, 0.29) is 0 Å². The van der Waals surface area contributed by atoms with Crippen molar-refractivity contribution < 1.29 is 0 Å². The Hall–Kier alpha value is -0.510. The van der Waals surface area contributed by atoms with Crippen molar-refractivity contribution in [1.29, 1.82) is 0 Å². The quantitative estimate of drug-likeness (QED) is 0.831. The van der Waals surface area contributed by atoms with E-state index in [1.165, 1.54) is 62.1 Å². The van der Waals surface area contributed by atoms with Gasteiger partial charge in [0.05, 0.1) is 0 Å². The monoisotopic (exact) mass is 304 g/mol. The molecule has 0 spiro atoms. The van der Waals surface area contributed by atoms with Crippen molar-refractivity contribution in [3.05, 3.63) is 29.8 Å². The fraction of sp³-hybridized carbons (Fsp3) is 0.667. The lowest BCUT2D eigenvalue weighted by Crippen LogP contribution is -2.44. The number of nitrogens with zero attached hydrogens (tertiary/aromatic N) is 1. The van der Waals surface area contributed by atoms with Crippen LogP contribution in [0.3, 0.4) is 0 Å². The Balaban J connectivity index is 1.77. The van der Waals surface area contributed by atoms with E-state index in [4.69, 9.17) is 0 Å². The van der Waals surface area contributed by atoms with Crippen LogP contribution in [0.25, 0.3) is 0 Å². The molecule has 0 radical (unpaired) electrons. The molecule has 3 rings (SSSR count). The molecule has 0 bridgehead atoms. The van der Waals surface area contributed by atoms with Crippen molar-refractivity contribution in [3.63, 3.8) is 0 Å². The molecule has 1 aromatic carbocycles. The van der Waals surface area contributed by atoms with Gasteiger partial charge in [0.2, 0.25) is 0 Å². The van der Waals surface area contributed by atoms with E-state index in [0.29, 0.717) is 0 Å². The molecular formula is C18H28N2S. The SMILES string of the molecule is CSc1ccccc1CN(C1CCCCC1)[C@H]1CCNC1. The molecule has 1 aliphatic heterocycles. The van der Waals surface area contributed by atoms with Gasteiger partial charge in [-0.3, -0.25) is 4.90 Å². The van der Waals surface area contributed by atoms with Crippen molar-refractivity contribution in [2.45, 2.75) is 62.0 Å². The third-order valence-corrected chi connectivity index (χ3v) is 5.93. The smallest absolute Gasteiger partial charge is 0.0251 e. The van der Waals surface area contributed by atoms with Gasteiger partial charge in [0.25, 0.3) is 0 Å². The summed E-state index contributed by atoms with van der Waals surface area (Å²) in [6.45, 7) is 3.50. The largest absolute Gasteiger partial charge is 0.315 e. The van der Waals surface area contributed by atoms with Gasteiger partial charge in [-0.1, -0.05) is 37.5 Å². The molecule has 1 atom stereocenters. The molecule has 1 aliphatic carbocycles. The molecule has 2 nitrogen and oxygen atoms in total. The zero-order valence-electron chi connectivity index (χ0n) is 13.2. The van der Waals surface area contributed by atoms with Crippen LogP contribution in [0.15, 0.2) is 29.2 Å². The van der Waals surface area contributed by atoms with Crippen LogP contribution in [0.5, 0.6) is 0 Å². The molecule has 1 N–H and O–H groups in total. The van der Waals surface area contributed by atoms with Gasteiger partial charge in [-0.15, -0.1) is 11.8 Å². The minimum absolute atomic E-state index is 0.739. The van der Waals surface area contributed by atoms with Crippen LogP contribution in [0.2, 0.25) is 0 Å². The van der Waals surface area contributed by atoms with E-state index in [2.05, 4.69) is 40.7 Å². The van der Waals surface area contributed by atoms with E-state index in [9.17, 15) is 0 Å². The molecule has 0 amide bonds. The standard InChI is InChI=1S/C18H28N2S/c1-21-18-10-6-5-7-15(18)14-20(17-11-12-19-13-17)16-8-3-2-4-9-16/h5-7,10,16-17,19H,2-4,8-9,11-14H2,1H3/t17-/m0/s1. The first-order valence-electron chi connectivity index (χ1n) is 8.47. The van der Waals surface area contributed by atoms with E-state index < -0.39 is 0 Å². The molecule has 2 aliphatic rings. The summed E-state index contributed by atoms with van der Waals surface area (Å²) < 4.78 is 0. The zero-order chi connectivity index (χ0) is 14.5. The van der Waals surface area contributed by atoms with Crippen LogP contribution >= 0.6 is 11.8 Å². The van der Waals surface area contributed by atoms with Crippen molar-refractivity contribution >= 4 is 11.8 Å². The third-order valence-electron chi connectivity index (χ3n) is 5.09. The summed E-state index contributed by atoms with van der Waals surface area (Å²) >= 11 is 1.88. The molecular weight excluding hydrogens is 276 g/mol. The Kier molecular flexibility index (Phi) is 5.61. The summed E-state index contributed by atoms with van der Waals surface area (Å²) in [5, 5.41) is 3.56. The van der Waals surface area contributed by atoms with Crippen LogP contribution < -0.4 is 5.32 Å². The highest BCUT2D eigenvalue weighted by molar-refractivity contribution is 7.98. The summed E-state index contributed by atoms with van der Waals surface area (Å²) in [7, 11) is 0. The van der Waals surface area contributed by atoms with Crippen LogP contribution in [-0.4, -0.2) is 36.3 Å². The summed E-state index contributed by atoms with van der Waals surface area (Å²) in [6.07, 6.45) is 10.6. The highest BCUT2D eigenvalue weighted by Crippen LogP contribution is 2.29. The second-order valence-corrected chi connectivity index (χ2v) is 7.27. The van der Waals surface area contributed by atoms with E-state index in [0.717, 1.165) is 18.6 Å². The fourth-order valence-electron chi connectivity index (χ4n) is 3.92. The first-order chi connectivity index (χ1) is 10.4. The highest BCUT2D eigenvalue weighted by atomic mass is 32.2. The number of benzene rings is 1. The van der Waals surface area contributed by atoms with Crippen LogP contribution in [0, 0.1) is 0 Å². The maximum Gasteiger partial charge on any atom is 0.0251 e. The molecule has 116 valence electrons. The molecule has 1 saturated heterocycles. The van der Waals surface area contributed by atoms with Gasteiger partial charge in [-0.2, -0.15) is 0 Å². The molecule has 1 heterocycles. The topological polar surface area (TPSA) is 15.3 Å². The summed E-state index contributed by atoms with van der Waals surface area (Å²) in [5.74, 6) is 0. The summed E-state index contributed by atoms with van der Waals surface area (Å²) in [6, 6.07) is 10.5. The minimum Gasteiger partial charge on any atom is -0.315 e. The average Bonchev–Trinajstić information content (AvgIpc) is 3.08. The Morgan fingerprint density at radius 2 is 1.90 bits per heavy atom. The average molecular weight is 305 g/mol. The zero-order valence-corrected chi connectivity index (χ0v) is 14.0. The van der Waals surface area contributed by atoms with Crippen LogP contribution in [0.1, 0.15) is 44.1 Å². The van der Waals surface area contributed by atoms with Crippen molar-refractivity contribution in [1.82, 2.24) is 10.2 Å². The highest BCUT2D eigenvalue weighted by Gasteiger charge is 2.29. The van der Waals surface area contributed by atoms with Gasteiger partial charge >= 0.3 is 0 Å². The number of rotatable bonds is 5. The normalized spacial score (nSPS) is 23.8. The Morgan fingerprint density at radius 3 is 2.62 bits per heavy atom. The summed E-state index contributed by atoms with van der Waals surface area (Å²) in [4.78, 5) is 4.28. The van der Waals surface area contributed by atoms with E-state index >= 15 is 0 Å². The van der Waals surface area contributed by atoms with Gasteiger partial charge in [0.15, 0.2) is 0 Å².